The predicted molar refractivity (Wildman–Crippen MR) is 131 cm³/mol. The van der Waals surface area contributed by atoms with Gasteiger partial charge < -0.3 is 20.4 Å². The zero-order chi connectivity index (χ0) is 21.6. The van der Waals surface area contributed by atoms with Gasteiger partial charge in [0.05, 0.1) is 5.52 Å². The summed E-state index contributed by atoms with van der Waals surface area (Å²) in [5.41, 5.74) is 2.27. The lowest BCUT2D eigenvalue weighted by Crippen LogP contribution is -2.50. The number of rotatable bonds is 5. The summed E-state index contributed by atoms with van der Waals surface area (Å²) in [4.78, 5) is 14.1. The molecule has 6 nitrogen and oxygen atoms in total. The Morgan fingerprint density at radius 1 is 1.10 bits per heavy atom. The zero-order valence-corrected chi connectivity index (χ0v) is 19.4. The SMILES string of the molecule is CN=C(NCc1cc(N(C)C)nc2ccccc12)NC1CCN(C2CCCCC2)CC1. The Morgan fingerprint density at radius 2 is 1.84 bits per heavy atom. The van der Waals surface area contributed by atoms with Gasteiger partial charge in [-0.2, -0.15) is 0 Å². The quantitative estimate of drug-likeness (QED) is 0.568. The van der Waals surface area contributed by atoms with Crippen LogP contribution in [0.1, 0.15) is 50.5 Å². The number of piperidine rings is 1. The van der Waals surface area contributed by atoms with E-state index in [2.05, 4.69) is 49.7 Å². The molecule has 2 aliphatic rings. The highest BCUT2D eigenvalue weighted by atomic mass is 15.2. The zero-order valence-electron chi connectivity index (χ0n) is 19.4. The number of fused-ring (bicyclic) bond motifs is 1. The molecule has 1 aromatic heterocycles. The number of hydrogen-bond donors (Lipinski definition) is 2. The number of aliphatic imine (C=N–C) groups is 1. The molecule has 1 aliphatic carbocycles. The van der Waals surface area contributed by atoms with Crippen molar-refractivity contribution in [2.24, 2.45) is 4.99 Å². The second-order valence-electron chi connectivity index (χ2n) is 9.22. The second kappa shape index (κ2) is 10.3. The fourth-order valence-corrected chi connectivity index (χ4v) is 5.03. The molecular formula is C25H38N6. The monoisotopic (exact) mass is 422 g/mol. The van der Waals surface area contributed by atoms with Crippen molar-refractivity contribution in [1.82, 2.24) is 20.5 Å². The lowest BCUT2D eigenvalue weighted by atomic mass is 9.92. The molecule has 2 N–H and O–H groups in total. The third-order valence-corrected chi connectivity index (χ3v) is 6.88. The summed E-state index contributed by atoms with van der Waals surface area (Å²) in [6, 6.07) is 11.9. The van der Waals surface area contributed by atoms with Crippen molar-refractivity contribution in [3.8, 4) is 0 Å². The smallest absolute Gasteiger partial charge is 0.191 e. The summed E-state index contributed by atoms with van der Waals surface area (Å²) in [6.45, 7) is 3.14. The molecule has 0 bridgehead atoms. The van der Waals surface area contributed by atoms with Gasteiger partial charge in [-0.1, -0.05) is 37.5 Å². The first kappa shape index (κ1) is 21.9. The number of anilines is 1. The number of para-hydroxylation sites is 1. The van der Waals surface area contributed by atoms with Crippen molar-refractivity contribution in [1.29, 1.82) is 0 Å². The summed E-state index contributed by atoms with van der Waals surface area (Å²) >= 11 is 0. The van der Waals surface area contributed by atoms with Gasteiger partial charge in [0.1, 0.15) is 5.82 Å². The van der Waals surface area contributed by atoms with Gasteiger partial charge in [-0.3, -0.25) is 4.99 Å². The molecule has 1 aliphatic heterocycles. The van der Waals surface area contributed by atoms with Gasteiger partial charge in [0.2, 0.25) is 0 Å². The van der Waals surface area contributed by atoms with E-state index in [9.17, 15) is 0 Å². The highest BCUT2D eigenvalue weighted by Gasteiger charge is 2.26. The number of pyridine rings is 1. The van der Waals surface area contributed by atoms with Crippen LogP contribution in [0.25, 0.3) is 10.9 Å². The van der Waals surface area contributed by atoms with E-state index in [-0.39, 0.29) is 0 Å². The van der Waals surface area contributed by atoms with Gasteiger partial charge in [-0.25, -0.2) is 4.98 Å². The lowest BCUT2D eigenvalue weighted by molar-refractivity contribution is 0.119. The fraction of sp³-hybridized carbons (Fsp3) is 0.600. The van der Waals surface area contributed by atoms with Crippen molar-refractivity contribution < 1.29 is 0 Å². The maximum absolute atomic E-state index is 4.77. The molecule has 6 heteroatoms. The fourth-order valence-electron chi connectivity index (χ4n) is 5.03. The summed E-state index contributed by atoms with van der Waals surface area (Å²) in [5.74, 6) is 1.87. The van der Waals surface area contributed by atoms with E-state index in [1.54, 1.807) is 0 Å². The van der Waals surface area contributed by atoms with Crippen LogP contribution in [0.3, 0.4) is 0 Å². The molecule has 0 amide bonds. The van der Waals surface area contributed by atoms with Crippen LogP contribution in [0.2, 0.25) is 0 Å². The van der Waals surface area contributed by atoms with E-state index in [0.29, 0.717) is 6.04 Å². The van der Waals surface area contributed by atoms with Gasteiger partial charge in [-0.15, -0.1) is 0 Å². The first-order valence-electron chi connectivity index (χ1n) is 11.9. The van der Waals surface area contributed by atoms with E-state index in [4.69, 9.17) is 4.98 Å². The minimum Gasteiger partial charge on any atom is -0.363 e. The third kappa shape index (κ3) is 5.48. The number of nitrogens with one attached hydrogen (secondary N) is 2. The van der Waals surface area contributed by atoms with E-state index in [1.807, 2.05) is 27.2 Å². The summed E-state index contributed by atoms with van der Waals surface area (Å²) < 4.78 is 0. The molecule has 2 fully saturated rings. The Hall–Kier alpha value is -2.34. The standard InChI is InChI=1S/C25H38N6/c1-26-25(28-20-13-15-31(16-14-20)21-9-5-4-6-10-21)27-18-19-17-24(30(2)3)29-23-12-8-7-11-22(19)23/h7-8,11-12,17,20-21H,4-6,9-10,13-16,18H2,1-3H3,(H2,26,27,28). The molecule has 1 aromatic carbocycles. The van der Waals surface area contributed by atoms with Crippen LogP contribution in [-0.4, -0.2) is 62.2 Å². The molecular weight excluding hydrogens is 384 g/mol. The summed E-state index contributed by atoms with van der Waals surface area (Å²) in [7, 11) is 5.94. The first-order valence-corrected chi connectivity index (χ1v) is 11.9. The number of guanidine groups is 1. The average Bonchev–Trinajstić information content (AvgIpc) is 2.82. The van der Waals surface area contributed by atoms with Crippen molar-refractivity contribution in [2.75, 3.05) is 39.1 Å². The highest BCUT2D eigenvalue weighted by molar-refractivity contribution is 5.85. The molecule has 1 saturated heterocycles. The van der Waals surface area contributed by atoms with Gasteiger partial charge in [0.25, 0.3) is 0 Å². The van der Waals surface area contributed by atoms with Crippen LogP contribution in [0, 0.1) is 0 Å². The van der Waals surface area contributed by atoms with E-state index < -0.39 is 0 Å². The van der Waals surface area contributed by atoms with Crippen LogP contribution in [-0.2, 0) is 6.54 Å². The number of nitrogens with zero attached hydrogens (tertiary/aromatic N) is 4. The Labute approximate surface area is 187 Å². The molecule has 0 unspecified atom stereocenters. The number of aromatic nitrogens is 1. The highest BCUT2D eigenvalue weighted by Crippen LogP contribution is 2.25. The Balaban J connectivity index is 1.34. The van der Waals surface area contributed by atoms with Gasteiger partial charge in [0.15, 0.2) is 5.96 Å². The summed E-state index contributed by atoms with van der Waals surface area (Å²) in [5, 5.41) is 8.41. The normalized spacial score (nSPS) is 19.5. The van der Waals surface area contributed by atoms with Crippen LogP contribution < -0.4 is 15.5 Å². The van der Waals surface area contributed by atoms with Crippen molar-refractivity contribution in [2.45, 2.75) is 63.6 Å². The number of benzene rings is 1. The van der Waals surface area contributed by atoms with Crippen molar-refractivity contribution >= 4 is 22.7 Å². The van der Waals surface area contributed by atoms with Gasteiger partial charge in [0, 0.05) is 58.2 Å². The second-order valence-corrected chi connectivity index (χ2v) is 9.22. The maximum Gasteiger partial charge on any atom is 0.191 e. The molecule has 2 aromatic rings. The van der Waals surface area contributed by atoms with Crippen LogP contribution in [0.4, 0.5) is 5.82 Å². The Bertz CT molecular complexity index is 879. The van der Waals surface area contributed by atoms with Crippen LogP contribution in [0.5, 0.6) is 0 Å². The average molecular weight is 423 g/mol. The van der Waals surface area contributed by atoms with Crippen molar-refractivity contribution in [3.05, 3.63) is 35.9 Å². The topological polar surface area (TPSA) is 55.8 Å². The molecule has 0 spiro atoms. The number of likely N-dealkylation sites (tertiary alicyclic amines) is 1. The first-order chi connectivity index (χ1) is 15.1. The minimum atomic E-state index is 0.498. The van der Waals surface area contributed by atoms with Crippen LogP contribution in [0.15, 0.2) is 35.3 Å². The van der Waals surface area contributed by atoms with Crippen LogP contribution >= 0.6 is 0 Å². The summed E-state index contributed by atoms with van der Waals surface area (Å²) in [6.07, 6.45) is 9.45. The lowest BCUT2D eigenvalue weighted by Gasteiger charge is -2.39. The van der Waals surface area contributed by atoms with Gasteiger partial charge in [-0.05, 0) is 43.4 Å². The molecule has 4 rings (SSSR count). The largest absolute Gasteiger partial charge is 0.363 e. The predicted octanol–water partition coefficient (Wildman–Crippen LogP) is 3.76. The number of hydrogen-bond acceptors (Lipinski definition) is 4. The van der Waals surface area contributed by atoms with E-state index in [1.165, 1.54) is 69.0 Å². The maximum atomic E-state index is 4.77. The molecule has 168 valence electrons. The Morgan fingerprint density at radius 3 is 2.55 bits per heavy atom. The van der Waals surface area contributed by atoms with Crippen molar-refractivity contribution in [3.63, 3.8) is 0 Å². The molecule has 0 radical (unpaired) electrons. The van der Waals surface area contributed by atoms with E-state index >= 15 is 0 Å². The minimum absolute atomic E-state index is 0.498. The molecule has 2 heterocycles. The van der Waals surface area contributed by atoms with E-state index in [0.717, 1.165) is 29.9 Å². The third-order valence-electron chi connectivity index (χ3n) is 6.88. The van der Waals surface area contributed by atoms with Gasteiger partial charge >= 0.3 is 0 Å². The molecule has 0 atom stereocenters. The molecule has 31 heavy (non-hydrogen) atoms. The Kier molecular flexibility index (Phi) is 7.28. The molecule has 1 saturated carbocycles.